The fourth-order valence-electron chi connectivity index (χ4n) is 2.73. The van der Waals surface area contributed by atoms with Gasteiger partial charge in [-0.2, -0.15) is 0 Å². The SMILES string of the molecule is [O]C1CCN(C2CCCCC2O)CC1. The van der Waals surface area contributed by atoms with E-state index >= 15 is 0 Å². The molecule has 1 heterocycles. The van der Waals surface area contributed by atoms with Crippen LogP contribution in [-0.2, 0) is 5.11 Å². The number of likely N-dealkylation sites (tertiary alicyclic amines) is 1. The van der Waals surface area contributed by atoms with E-state index in [1.165, 1.54) is 6.42 Å². The molecule has 0 aromatic heterocycles. The summed E-state index contributed by atoms with van der Waals surface area (Å²) in [5.74, 6) is 0. The summed E-state index contributed by atoms with van der Waals surface area (Å²) in [5.41, 5.74) is 0. The van der Waals surface area contributed by atoms with Crippen LogP contribution in [0.3, 0.4) is 0 Å². The molecule has 2 aliphatic rings. The first-order chi connectivity index (χ1) is 6.77. The van der Waals surface area contributed by atoms with Crippen molar-refractivity contribution in [1.82, 2.24) is 4.90 Å². The van der Waals surface area contributed by atoms with Gasteiger partial charge in [-0.05, 0) is 25.7 Å². The normalized spacial score (nSPS) is 37.3. The first-order valence-electron chi connectivity index (χ1n) is 5.85. The zero-order valence-electron chi connectivity index (χ0n) is 8.69. The second kappa shape index (κ2) is 4.60. The summed E-state index contributed by atoms with van der Waals surface area (Å²) in [4.78, 5) is 2.33. The first-order valence-corrected chi connectivity index (χ1v) is 5.85. The van der Waals surface area contributed by atoms with Crippen LogP contribution in [0.2, 0.25) is 0 Å². The minimum atomic E-state index is -0.355. The van der Waals surface area contributed by atoms with E-state index in [2.05, 4.69) is 4.90 Å². The zero-order valence-corrected chi connectivity index (χ0v) is 8.69. The van der Waals surface area contributed by atoms with E-state index < -0.39 is 0 Å². The Balaban J connectivity index is 1.87. The zero-order chi connectivity index (χ0) is 9.97. The topological polar surface area (TPSA) is 43.4 Å². The lowest BCUT2D eigenvalue weighted by Crippen LogP contribution is -2.49. The highest BCUT2D eigenvalue weighted by molar-refractivity contribution is 4.85. The predicted molar refractivity (Wildman–Crippen MR) is 53.5 cm³/mol. The molecule has 2 atom stereocenters. The summed E-state index contributed by atoms with van der Waals surface area (Å²) < 4.78 is 0. The van der Waals surface area contributed by atoms with Crippen molar-refractivity contribution < 1.29 is 10.2 Å². The molecule has 3 heteroatoms. The molecule has 3 nitrogen and oxygen atoms in total. The van der Waals surface area contributed by atoms with Crippen molar-refractivity contribution in [3.63, 3.8) is 0 Å². The minimum Gasteiger partial charge on any atom is -0.391 e. The van der Waals surface area contributed by atoms with Crippen molar-refractivity contribution in [2.75, 3.05) is 13.1 Å². The first kappa shape index (κ1) is 10.4. The van der Waals surface area contributed by atoms with Gasteiger partial charge in [-0.25, -0.2) is 5.11 Å². The lowest BCUT2D eigenvalue weighted by molar-refractivity contribution is -0.0278. The number of piperidine rings is 1. The molecule has 0 aromatic rings. The lowest BCUT2D eigenvalue weighted by Gasteiger charge is -2.40. The van der Waals surface area contributed by atoms with Gasteiger partial charge < -0.3 is 5.11 Å². The molecule has 0 amide bonds. The summed E-state index contributed by atoms with van der Waals surface area (Å²) in [6, 6.07) is 0.344. The van der Waals surface area contributed by atoms with Gasteiger partial charge in [0.15, 0.2) is 0 Å². The Kier molecular flexibility index (Phi) is 3.42. The lowest BCUT2D eigenvalue weighted by atomic mass is 9.90. The summed E-state index contributed by atoms with van der Waals surface area (Å²) in [5, 5.41) is 21.0. The minimum absolute atomic E-state index is 0.146. The van der Waals surface area contributed by atoms with Gasteiger partial charge in [0.25, 0.3) is 0 Å². The van der Waals surface area contributed by atoms with Crippen molar-refractivity contribution in [3.8, 4) is 0 Å². The average molecular weight is 198 g/mol. The van der Waals surface area contributed by atoms with Crippen LogP contribution in [0, 0.1) is 0 Å². The van der Waals surface area contributed by atoms with Crippen LogP contribution in [0.15, 0.2) is 0 Å². The monoisotopic (exact) mass is 198 g/mol. The molecule has 1 aliphatic carbocycles. The Bertz CT molecular complexity index is 178. The Morgan fingerprint density at radius 3 is 2.29 bits per heavy atom. The predicted octanol–water partition coefficient (Wildman–Crippen LogP) is 1.18. The average Bonchev–Trinajstić information content (AvgIpc) is 2.20. The number of rotatable bonds is 1. The van der Waals surface area contributed by atoms with Crippen LogP contribution in [0.1, 0.15) is 38.5 Å². The largest absolute Gasteiger partial charge is 0.391 e. The van der Waals surface area contributed by atoms with Crippen LogP contribution >= 0.6 is 0 Å². The highest BCUT2D eigenvalue weighted by Crippen LogP contribution is 2.25. The maximum Gasteiger partial charge on any atom is 0.0954 e. The van der Waals surface area contributed by atoms with Gasteiger partial charge in [-0.1, -0.05) is 12.8 Å². The molecular formula is C11H20NO2. The van der Waals surface area contributed by atoms with Gasteiger partial charge in [0.05, 0.1) is 12.2 Å². The van der Waals surface area contributed by atoms with Crippen LogP contribution in [-0.4, -0.2) is 41.3 Å². The van der Waals surface area contributed by atoms with E-state index in [-0.39, 0.29) is 12.2 Å². The number of nitrogens with zero attached hydrogens (tertiary/aromatic N) is 1. The van der Waals surface area contributed by atoms with E-state index in [0.717, 1.165) is 45.2 Å². The molecule has 1 aliphatic heterocycles. The summed E-state index contributed by atoms with van der Waals surface area (Å²) >= 11 is 0. The molecule has 1 N–H and O–H groups in total. The molecule has 1 radical (unpaired) electrons. The third kappa shape index (κ3) is 2.27. The number of aliphatic hydroxyl groups excluding tert-OH is 1. The van der Waals surface area contributed by atoms with Crippen LogP contribution in [0.4, 0.5) is 0 Å². The molecule has 14 heavy (non-hydrogen) atoms. The highest BCUT2D eigenvalue weighted by Gasteiger charge is 2.31. The Morgan fingerprint density at radius 1 is 1.00 bits per heavy atom. The van der Waals surface area contributed by atoms with Crippen molar-refractivity contribution in [2.24, 2.45) is 0 Å². The van der Waals surface area contributed by atoms with E-state index in [0.29, 0.717) is 6.04 Å². The third-order valence-electron chi connectivity index (χ3n) is 3.64. The Labute approximate surface area is 85.7 Å². The standard InChI is InChI=1S/C11H20NO2/c13-9-5-7-12(8-6-9)10-3-1-2-4-11(10)14/h9-11,14H,1-8H2. The molecule has 0 aromatic carbocycles. The number of hydrogen-bond donors (Lipinski definition) is 1. The van der Waals surface area contributed by atoms with E-state index in [1.54, 1.807) is 0 Å². The smallest absolute Gasteiger partial charge is 0.0954 e. The van der Waals surface area contributed by atoms with Crippen molar-refractivity contribution >= 4 is 0 Å². The van der Waals surface area contributed by atoms with Gasteiger partial charge in [0.1, 0.15) is 0 Å². The van der Waals surface area contributed by atoms with Gasteiger partial charge in [-0.15, -0.1) is 0 Å². The molecular weight excluding hydrogens is 178 g/mol. The van der Waals surface area contributed by atoms with Crippen molar-refractivity contribution in [3.05, 3.63) is 0 Å². The molecule has 1 saturated carbocycles. The van der Waals surface area contributed by atoms with E-state index in [1.807, 2.05) is 0 Å². The fourth-order valence-corrected chi connectivity index (χ4v) is 2.73. The Morgan fingerprint density at radius 2 is 1.64 bits per heavy atom. The summed E-state index contributed by atoms with van der Waals surface area (Å²) in [6.07, 6.45) is 5.49. The van der Waals surface area contributed by atoms with Crippen LogP contribution in [0.5, 0.6) is 0 Å². The summed E-state index contributed by atoms with van der Waals surface area (Å²) in [6.45, 7) is 1.80. The maximum atomic E-state index is 11.2. The van der Waals surface area contributed by atoms with Gasteiger partial charge in [-0.3, -0.25) is 4.90 Å². The molecule has 0 spiro atoms. The third-order valence-corrected chi connectivity index (χ3v) is 3.64. The molecule has 0 bridgehead atoms. The Hall–Kier alpha value is -0.120. The second-order valence-electron chi connectivity index (χ2n) is 4.65. The molecule has 2 fully saturated rings. The molecule has 2 rings (SSSR count). The van der Waals surface area contributed by atoms with Gasteiger partial charge in [0, 0.05) is 19.1 Å². The van der Waals surface area contributed by atoms with Gasteiger partial charge >= 0.3 is 0 Å². The van der Waals surface area contributed by atoms with Crippen molar-refractivity contribution in [1.29, 1.82) is 0 Å². The van der Waals surface area contributed by atoms with Gasteiger partial charge in [0.2, 0.25) is 0 Å². The van der Waals surface area contributed by atoms with Crippen LogP contribution in [0.25, 0.3) is 0 Å². The molecule has 2 unspecified atom stereocenters. The second-order valence-corrected chi connectivity index (χ2v) is 4.65. The maximum absolute atomic E-state index is 11.2. The van der Waals surface area contributed by atoms with Crippen molar-refractivity contribution in [2.45, 2.75) is 56.8 Å². The summed E-state index contributed by atoms with van der Waals surface area (Å²) in [7, 11) is 0. The molecule has 1 saturated heterocycles. The quantitative estimate of drug-likeness (QED) is 0.687. The molecule has 81 valence electrons. The number of hydrogen-bond acceptors (Lipinski definition) is 2. The van der Waals surface area contributed by atoms with E-state index in [9.17, 15) is 10.2 Å². The highest BCUT2D eigenvalue weighted by atomic mass is 16.3. The number of aliphatic hydroxyl groups is 1. The fraction of sp³-hybridized carbons (Fsp3) is 1.00. The van der Waals surface area contributed by atoms with Crippen LogP contribution < -0.4 is 0 Å². The van der Waals surface area contributed by atoms with E-state index in [4.69, 9.17) is 0 Å².